The van der Waals surface area contributed by atoms with Crippen LogP contribution in [-0.2, 0) is 4.79 Å². The van der Waals surface area contributed by atoms with Crippen molar-refractivity contribution in [2.45, 2.75) is 57.4 Å². The van der Waals surface area contributed by atoms with Crippen molar-refractivity contribution >= 4 is 21.8 Å². The molecule has 0 aromatic heterocycles. The third kappa shape index (κ3) is 4.96. The fraction of sp³-hybridized carbons (Fsp3) is 0.923. The summed E-state index contributed by atoms with van der Waals surface area (Å²) in [5.41, 5.74) is -0.344. The molecule has 1 aliphatic rings. The molecule has 0 saturated heterocycles. The number of halogens is 1. The molecule has 2 N–H and O–H groups in total. The van der Waals surface area contributed by atoms with Crippen LogP contribution in [0.4, 0.5) is 0 Å². The third-order valence-corrected chi connectivity index (χ3v) is 4.15. The highest BCUT2D eigenvalue weighted by atomic mass is 79.9. The summed E-state index contributed by atoms with van der Waals surface area (Å²) >= 11 is 3.36. The minimum Gasteiger partial charge on any atom is -0.394 e. The summed E-state index contributed by atoms with van der Waals surface area (Å²) in [4.78, 5) is 11.8. The summed E-state index contributed by atoms with van der Waals surface area (Å²) in [6.45, 7) is 2.27. The number of unbranched alkanes of at least 4 members (excludes halogenated alkanes) is 1. The number of aliphatic hydroxyl groups excluding tert-OH is 1. The standard InChI is InChI=1S/C13H24BrNO2/c1-11-5-4-7-13(9-11,10-16)15-12(17)6-2-3-8-14/h11,16H,2-10H2,1H3,(H,15,17). The summed E-state index contributed by atoms with van der Waals surface area (Å²) in [5.74, 6) is 0.688. The molecular formula is C13H24BrNO2. The van der Waals surface area contributed by atoms with Crippen LogP contribution in [0.25, 0.3) is 0 Å². The molecule has 2 unspecified atom stereocenters. The lowest BCUT2D eigenvalue weighted by Crippen LogP contribution is -2.53. The number of carbonyl (C=O) groups is 1. The Kier molecular flexibility index (Phi) is 6.49. The van der Waals surface area contributed by atoms with Crippen LogP contribution in [0.1, 0.15) is 51.9 Å². The van der Waals surface area contributed by atoms with Crippen molar-refractivity contribution in [3.05, 3.63) is 0 Å². The van der Waals surface area contributed by atoms with E-state index in [1.165, 1.54) is 6.42 Å². The zero-order chi connectivity index (χ0) is 12.7. The molecule has 0 spiro atoms. The minimum absolute atomic E-state index is 0.0710. The Morgan fingerprint density at radius 1 is 1.53 bits per heavy atom. The maximum Gasteiger partial charge on any atom is 0.220 e. The van der Waals surface area contributed by atoms with E-state index in [1.54, 1.807) is 0 Å². The molecule has 1 saturated carbocycles. The fourth-order valence-electron chi connectivity index (χ4n) is 2.70. The fourth-order valence-corrected chi connectivity index (χ4v) is 3.09. The van der Waals surface area contributed by atoms with Gasteiger partial charge in [-0.05, 0) is 31.6 Å². The Hall–Kier alpha value is -0.0900. The summed E-state index contributed by atoms with van der Waals surface area (Å²) < 4.78 is 0. The van der Waals surface area contributed by atoms with Gasteiger partial charge in [0.2, 0.25) is 5.91 Å². The van der Waals surface area contributed by atoms with Gasteiger partial charge in [-0.2, -0.15) is 0 Å². The molecule has 0 radical (unpaired) electrons. The van der Waals surface area contributed by atoms with Crippen LogP contribution < -0.4 is 5.32 Å². The Morgan fingerprint density at radius 2 is 2.29 bits per heavy atom. The maximum absolute atomic E-state index is 11.8. The molecule has 100 valence electrons. The van der Waals surface area contributed by atoms with Crippen LogP contribution in [0.15, 0.2) is 0 Å². The zero-order valence-corrected chi connectivity index (χ0v) is 12.3. The van der Waals surface area contributed by atoms with E-state index >= 15 is 0 Å². The van der Waals surface area contributed by atoms with Gasteiger partial charge in [0.1, 0.15) is 0 Å². The van der Waals surface area contributed by atoms with Crippen molar-refractivity contribution in [3.63, 3.8) is 0 Å². The maximum atomic E-state index is 11.8. The van der Waals surface area contributed by atoms with Crippen LogP contribution in [0, 0.1) is 5.92 Å². The number of hydrogen-bond acceptors (Lipinski definition) is 2. The summed E-state index contributed by atoms with van der Waals surface area (Å²) in [7, 11) is 0. The van der Waals surface area contributed by atoms with Gasteiger partial charge in [0.05, 0.1) is 12.1 Å². The number of carbonyl (C=O) groups excluding carboxylic acids is 1. The average Bonchev–Trinajstić information content (AvgIpc) is 2.29. The molecule has 1 amide bonds. The van der Waals surface area contributed by atoms with Gasteiger partial charge >= 0.3 is 0 Å². The van der Waals surface area contributed by atoms with E-state index in [1.807, 2.05) is 0 Å². The zero-order valence-electron chi connectivity index (χ0n) is 10.7. The van der Waals surface area contributed by atoms with E-state index in [2.05, 4.69) is 28.2 Å². The summed E-state index contributed by atoms with van der Waals surface area (Å²) in [6, 6.07) is 0. The Bertz CT molecular complexity index is 248. The molecule has 1 rings (SSSR count). The number of rotatable bonds is 6. The van der Waals surface area contributed by atoms with Crippen molar-refractivity contribution in [1.29, 1.82) is 0 Å². The van der Waals surface area contributed by atoms with E-state index in [-0.39, 0.29) is 18.1 Å². The predicted molar refractivity (Wildman–Crippen MR) is 73.2 cm³/mol. The van der Waals surface area contributed by atoms with Gasteiger partial charge in [0, 0.05) is 11.8 Å². The molecule has 3 nitrogen and oxygen atoms in total. The molecule has 0 aliphatic heterocycles. The first-order valence-electron chi connectivity index (χ1n) is 6.60. The molecule has 1 fully saturated rings. The minimum atomic E-state index is -0.344. The van der Waals surface area contributed by atoms with E-state index in [0.717, 1.165) is 37.4 Å². The monoisotopic (exact) mass is 305 g/mol. The van der Waals surface area contributed by atoms with E-state index < -0.39 is 0 Å². The SMILES string of the molecule is CC1CCCC(CO)(NC(=O)CCCCBr)C1. The number of hydrogen-bond donors (Lipinski definition) is 2. The lowest BCUT2D eigenvalue weighted by atomic mass is 9.76. The first kappa shape index (κ1) is 15.0. The van der Waals surface area contributed by atoms with Gasteiger partial charge in [-0.1, -0.05) is 35.7 Å². The summed E-state index contributed by atoms with van der Waals surface area (Å²) in [5, 5.41) is 13.6. The van der Waals surface area contributed by atoms with Crippen molar-refractivity contribution in [2.24, 2.45) is 5.92 Å². The van der Waals surface area contributed by atoms with E-state index in [0.29, 0.717) is 12.3 Å². The molecule has 0 aromatic carbocycles. The lowest BCUT2D eigenvalue weighted by Gasteiger charge is -2.39. The van der Waals surface area contributed by atoms with Crippen LogP contribution in [0.5, 0.6) is 0 Å². The number of amides is 1. The second-order valence-corrected chi connectivity index (χ2v) is 6.13. The highest BCUT2D eigenvalue weighted by molar-refractivity contribution is 9.09. The first-order valence-corrected chi connectivity index (χ1v) is 7.72. The molecule has 0 heterocycles. The molecule has 4 heteroatoms. The molecule has 0 bridgehead atoms. The van der Waals surface area contributed by atoms with Crippen molar-refractivity contribution in [2.75, 3.05) is 11.9 Å². The molecule has 1 aliphatic carbocycles. The molecule has 2 atom stereocenters. The molecule has 17 heavy (non-hydrogen) atoms. The lowest BCUT2D eigenvalue weighted by molar-refractivity contribution is -0.124. The molecule has 0 aromatic rings. The molecular weight excluding hydrogens is 282 g/mol. The Labute approximate surface area is 112 Å². The van der Waals surface area contributed by atoms with E-state index in [4.69, 9.17) is 0 Å². The van der Waals surface area contributed by atoms with Gasteiger partial charge in [-0.25, -0.2) is 0 Å². The van der Waals surface area contributed by atoms with Crippen molar-refractivity contribution < 1.29 is 9.90 Å². The van der Waals surface area contributed by atoms with Crippen molar-refractivity contribution in [1.82, 2.24) is 5.32 Å². The highest BCUT2D eigenvalue weighted by Crippen LogP contribution is 2.32. The quantitative estimate of drug-likeness (QED) is 0.585. The van der Waals surface area contributed by atoms with E-state index in [9.17, 15) is 9.90 Å². The Balaban J connectivity index is 2.42. The van der Waals surface area contributed by atoms with Crippen LogP contribution in [0.3, 0.4) is 0 Å². The second-order valence-electron chi connectivity index (χ2n) is 5.33. The van der Waals surface area contributed by atoms with Gasteiger partial charge in [0.25, 0.3) is 0 Å². The van der Waals surface area contributed by atoms with Crippen LogP contribution in [-0.4, -0.2) is 28.5 Å². The average molecular weight is 306 g/mol. The first-order chi connectivity index (χ1) is 8.12. The highest BCUT2D eigenvalue weighted by Gasteiger charge is 2.35. The van der Waals surface area contributed by atoms with Crippen LogP contribution >= 0.6 is 15.9 Å². The Morgan fingerprint density at radius 3 is 2.88 bits per heavy atom. The van der Waals surface area contributed by atoms with Crippen molar-refractivity contribution in [3.8, 4) is 0 Å². The largest absolute Gasteiger partial charge is 0.394 e. The normalized spacial score (nSPS) is 29.0. The van der Waals surface area contributed by atoms with Crippen LogP contribution in [0.2, 0.25) is 0 Å². The topological polar surface area (TPSA) is 49.3 Å². The second kappa shape index (κ2) is 7.37. The number of alkyl halides is 1. The number of aliphatic hydroxyl groups is 1. The van der Waals surface area contributed by atoms with Gasteiger partial charge < -0.3 is 10.4 Å². The smallest absolute Gasteiger partial charge is 0.220 e. The summed E-state index contributed by atoms with van der Waals surface area (Å²) in [6.07, 6.45) is 6.64. The predicted octanol–water partition coefficient (Wildman–Crippen LogP) is 2.61. The van der Waals surface area contributed by atoms with Gasteiger partial charge in [-0.15, -0.1) is 0 Å². The van der Waals surface area contributed by atoms with Gasteiger partial charge in [0.15, 0.2) is 0 Å². The number of nitrogens with one attached hydrogen (secondary N) is 1. The third-order valence-electron chi connectivity index (χ3n) is 3.59. The van der Waals surface area contributed by atoms with Gasteiger partial charge in [-0.3, -0.25) is 4.79 Å².